The molecule has 0 saturated carbocycles. The Bertz CT molecular complexity index is 553. The maximum absolute atomic E-state index is 12.0. The maximum atomic E-state index is 12.0. The molecule has 0 fully saturated rings. The zero-order valence-corrected chi connectivity index (χ0v) is 16.6. The van der Waals surface area contributed by atoms with Gasteiger partial charge in [-0.2, -0.15) is 0 Å². The van der Waals surface area contributed by atoms with Gasteiger partial charge < -0.3 is 4.74 Å². The van der Waals surface area contributed by atoms with E-state index in [1.807, 2.05) is 65.8 Å². The number of aryl methyl sites for hydroxylation is 1. The normalized spacial score (nSPS) is 13.6. The van der Waals surface area contributed by atoms with Crippen molar-refractivity contribution < 1.29 is 13.7 Å². The van der Waals surface area contributed by atoms with Crippen LogP contribution in [0.1, 0.15) is 70.3 Å². The first-order valence-corrected chi connectivity index (χ1v) is 9.62. The molecule has 1 atom stereocenters. The van der Waals surface area contributed by atoms with E-state index in [-0.39, 0.29) is 10.7 Å². The highest BCUT2D eigenvalue weighted by atomic mass is 32.2. The quantitative estimate of drug-likeness (QED) is 0.595. The van der Waals surface area contributed by atoms with Crippen LogP contribution in [-0.2, 0) is 22.1 Å². The average Bonchev–Trinajstić information content (AvgIpc) is 2.44. The molecule has 0 radical (unpaired) electrons. The monoisotopic (exact) mass is 353 g/mol. The van der Waals surface area contributed by atoms with Crippen LogP contribution in [-0.4, -0.2) is 27.1 Å². The second kappa shape index (κ2) is 8.77. The van der Waals surface area contributed by atoms with Gasteiger partial charge in [-0.1, -0.05) is 12.1 Å². The summed E-state index contributed by atoms with van der Waals surface area (Å²) in [5.41, 5.74) is 1.30. The summed E-state index contributed by atoms with van der Waals surface area (Å²) in [4.78, 5) is 12.0. The van der Waals surface area contributed by atoms with Crippen LogP contribution in [0.4, 0.5) is 0 Å². The Balaban J connectivity index is 2.35. The van der Waals surface area contributed by atoms with Crippen molar-refractivity contribution >= 4 is 17.0 Å². The molecule has 0 aliphatic rings. The van der Waals surface area contributed by atoms with Crippen LogP contribution in [0.2, 0.25) is 0 Å². The smallest absolute Gasteiger partial charge is 0.338 e. The number of carbonyl (C=O) groups is 1. The number of hydrogen-bond acceptors (Lipinski definition) is 3. The zero-order chi connectivity index (χ0) is 18.4. The third kappa shape index (κ3) is 8.06. The molecule has 0 saturated heterocycles. The van der Waals surface area contributed by atoms with Crippen molar-refractivity contribution in [3.8, 4) is 0 Å². The van der Waals surface area contributed by atoms with Gasteiger partial charge in [0, 0.05) is 6.54 Å². The lowest BCUT2D eigenvalue weighted by atomic mass is 10.1. The number of nitrogens with one attached hydrogen (secondary N) is 1. The molecule has 1 aromatic rings. The number of benzene rings is 1. The molecule has 0 bridgehead atoms. The van der Waals surface area contributed by atoms with E-state index in [1.54, 1.807) is 0 Å². The molecule has 1 rings (SSSR count). The summed E-state index contributed by atoms with van der Waals surface area (Å²) in [6, 6.07) is 7.58. The molecule has 0 aliphatic heterocycles. The van der Waals surface area contributed by atoms with Crippen LogP contribution in [0.3, 0.4) is 0 Å². The van der Waals surface area contributed by atoms with Gasteiger partial charge in [0.2, 0.25) is 0 Å². The minimum atomic E-state index is -1.00. The van der Waals surface area contributed by atoms with Gasteiger partial charge in [0.25, 0.3) is 0 Å². The van der Waals surface area contributed by atoms with E-state index in [2.05, 4.69) is 4.72 Å². The molecule has 24 heavy (non-hydrogen) atoms. The highest BCUT2D eigenvalue weighted by Crippen LogP contribution is 2.14. The summed E-state index contributed by atoms with van der Waals surface area (Å²) in [7, 11) is -1.00. The van der Waals surface area contributed by atoms with Gasteiger partial charge in [0.05, 0.1) is 21.3 Å². The fourth-order valence-corrected chi connectivity index (χ4v) is 2.74. The molecule has 4 nitrogen and oxygen atoms in total. The van der Waals surface area contributed by atoms with Crippen molar-refractivity contribution in [2.24, 2.45) is 0 Å². The van der Waals surface area contributed by atoms with Gasteiger partial charge in [0.1, 0.15) is 5.60 Å². The number of unbranched alkanes of at least 4 members (excludes halogenated alkanes) is 1. The van der Waals surface area contributed by atoms with Gasteiger partial charge in [-0.3, -0.25) is 0 Å². The number of carbonyl (C=O) groups excluding carboxylic acids is 1. The van der Waals surface area contributed by atoms with Crippen LogP contribution < -0.4 is 4.72 Å². The molecule has 136 valence electrons. The standard InChI is InChI=1S/C19H31NO3S/c1-18(2,3)23-17(21)16-12-10-15(11-13-16)9-7-8-14-20-24(22)19(4,5)6/h10-13,20H,7-9,14H2,1-6H3. The topological polar surface area (TPSA) is 55.4 Å². The minimum absolute atomic E-state index is 0.225. The second-order valence-corrected chi connectivity index (χ2v) is 9.98. The number of hydrogen-bond donors (Lipinski definition) is 1. The van der Waals surface area contributed by atoms with Crippen molar-refractivity contribution in [1.82, 2.24) is 4.72 Å². The SMILES string of the molecule is CC(C)(C)OC(=O)c1ccc(CCCCNS(=O)C(C)(C)C)cc1. The Morgan fingerprint density at radius 3 is 2.12 bits per heavy atom. The molecule has 0 aliphatic carbocycles. The van der Waals surface area contributed by atoms with Crippen LogP contribution in [0, 0.1) is 0 Å². The summed E-state index contributed by atoms with van der Waals surface area (Å²) >= 11 is 0. The average molecular weight is 354 g/mol. The Kier molecular flexibility index (Phi) is 7.61. The molecule has 0 heterocycles. The van der Waals surface area contributed by atoms with Gasteiger partial charge >= 0.3 is 5.97 Å². The summed E-state index contributed by atoms with van der Waals surface area (Å²) in [5.74, 6) is -0.289. The molecule has 1 unspecified atom stereocenters. The van der Waals surface area contributed by atoms with E-state index >= 15 is 0 Å². The van der Waals surface area contributed by atoms with Crippen molar-refractivity contribution in [2.45, 2.75) is 71.2 Å². The predicted molar refractivity (Wildman–Crippen MR) is 100 cm³/mol. The highest BCUT2D eigenvalue weighted by molar-refractivity contribution is 7.84. The first-order valence-electron chi connectivity index (χ1n) is 8.47. The molecule has 1 N–H and O–H groups in total. The maximum Gasteiger partial charge on any atom is 0.338 e. The molecule has 0 spiro atoms. The summed E-state index contributed by atoms with van der Waals surface area (Å²) < 4.78 is 20.0. The lowest BCUT2D eigenvalue weighted by Gasteiger charge is -2.19. The predicted octanol–water partition coefficient (Wildman–Crippen LogP) is 4.02. The van der Waals surface area contributed by atoms with Crippen molar-refractivity contribution in [3.63, 3.8) is 0 Å². The van der Waals surface area contributed by atoms with E-state index in [1.165, 1.54) is 5.56 Å². The van der Waals surface area contributed by atoms with Crippen LogP contribution >= 0.6 is 0 Å². The highest BCUT2D eigenvalue weighted by Gasteiger charge is 2.19. The van der Waals surface area contributed by atoms with Crippen molar-refractivity contribution in [1.29, 1.82) is 0 Å². The van der Waals surface area contributed by atoms with E-state index in [4.69, 9.17) is 4.74 Å². The Morgan fingerprint density at radius 1 is 1.04 bits per heavy atom. The Hall–Kier alpha value is -1.20. The third-order valence-electron chi connectivity index (χ3n) is 3.27. The summed E-state index contributed by atoms with van der Waals surface area (Å²) in [6.45, 7) is 12.2. The molecular formula is C19H31NO3S. The van der Waals surface area contributed by atoms with Gasteiger partial charge in [0.15, 0.2) is 0 Å². The molecule has 0 aromatic heterocycles. The van der Waals surface area contributed by atoms with Crippen LogP contribution in [0.5, 0.6) is 0 Å². The van der Waals surface area contributed by atoms with Gasteiger partial charge in [-0.15, -0.1) is 0 Å². The Labute approximate surface area is 149 Å². The second-order valence-electron chi connectivity index (χ2n) is 7.93. The van der Waals surface area contributed by atoms with E-state index in [9.17, 15) is 9.00 Å². The molecule has 1 aromatic carbocycles. The van der Waals surface area contributed by atoms with Crippen molar-refractivity contribution in [2.75, 3.05) is 6.54 Å². The van der Waals surface area contributed by atoms with Gasteiger partial charge in [-0.25, -0.2) is 13.7 Å². The van der Waals surface area contributed by atoms with E-state index < -0.39 is 16.6 Å². The minimum Gasteiger partial charge on any atom is -0.456 e. The molecular weight excluding hydrogens is 322 g/mol. The number of ether oxygens (including phenoxy) is 1. The summed E-state index contributed by atoms with van der Waals surface area (Å²) in [6.07, 6.45) is 2.92. The third-order valence-corrected chi connectivity index (χ3v) is 4.85. The van der Waals surface area contributed by atoms with Gasteiger partial charge in [-0.05, 0) is 78.5 Å². The van der Waals surface area contributed by atoms with Crippen molar-refractivity contribution in [3.05, 3.63) is 35.4 Å². The van der Waals surface area contributed by atoms with Crippen LogP contribution in [0.15, 0.2) is 24.3 Å². The largest absolute Gasteiger partial charge is 0.456 e. The lowest BCUT2D eigenvalue weighted by Crippen LogP contribution is -2.33. The lowest BCUT2D eigenvalue weighted by molar-refractivity contribution is 0.00695. The molecule has 5 heteroatoms. The van der Waals surface area contributed by atoms with E-state index in [0.29, 0.717) is 5.56 Å². The molecule has 0 amide bonds. The fraction of sp³-hybridized carbons (Fsp3) is 0.632. The zero-order valence-electron chi connectivity index (χ0n) is 15.8. The fourth-order valence-electron chi connectivity index (χ4n) is 1.98. The number of rotatable bonds is 7. The Morgan fingerprint density at radius 2 is 1.62 bits per heavy atom. The van der Waals surface area contributed by atoms with E-state index in [0.717, 1.165) is 25.8 Å². The first kappa shape index (κ1) is 20.8. The van der Waals surface area contributed by atoms with Crippen LogP contribution in [0.25, 0.3) is 0 Å². The summed E-state index contributed by atoms with van der Waals surface area (Å²) in [5, 5.41) is 0. The first-order chi connectivity index (χ1) is 11.0. The number of esters is 1.